The maximum absolute atomic E-state index is 12.9. The highest BCUT2D eigenvalue weighted by atomic mass is 16.6. The fourth-order valence-electron chi connectivity index (χ4n) is 9.74. The third kappa shape index (κ3) is 57.1. The summed E-state index contributed by atoms with van der Waals surface area (Å²) in [5, 5.41) is 0. The summed E-state index contributed by atoms with van der Waals surface area (Å²) in [6, 6.07) is 0. The Morgan fingerprint density at radius 1 is 0.271 bits per heavy atom. The van der Waals surface area contributed by atoms with Crippen LogP contribution >= 0.6 is 0 Å². The Morgan fingerprint density at radius 3 is 0.714 bits per heavy atom. The van der Waals surface area contributed by atoms with Crippen LogP contribution in [0, 0.1) is 0 Å². The van der Waals surface area contributed by atoms with E-state index < -0.39 is 6.10 Å². The molecule has 0 aliphatic heterocycles. The predicted octanol–water partition coefficient (Wildman–Crippen LogP) is 21.3. The molecule has 0 aromatic heterocycles. The Kier molecular flexibility index (Phi) is 58.1. The van der Waals surface area contributed by atoms with Crippen molar-refractivity contribution in [2.75, 3.05) is 13.2 Å². The zero-order chi connectivity index (χ0) is 50.7. The first-order chi connectivity index (χ1) is 34.5. The third-order valence-electron chi connectivity index (χ3n) is 14.5. The summed E-state index contributed by atoms with van der Waals surface area (Å²) in [5.74, 6) is -0.839. The monoisotopic (exact) mass is 987 g/mol. The van der Waals surface area contributed by atoms with Crippen molar-refractivity contribution in [3.05, 3.63) is 12.2 Å². The largest absolute Gasteiger partial charge is 0.462 e. The first-order valence-electron chi connectivity index (χ1n) is 31.7. The Labute approximate surface area is 437 Å². The fourth-order valence-corrected chi connectivity index (χ4v) is 9.74. The van der Waals surface area contributed by atoms with E-state index in [1.54, 1.807) is 0 Å². The van der Waals surface area contributed by atoms with Crippen LogP contribution in [0.5, 0.6) is 0 Å². The molecule has 0 amide bonds. The molecule has 1 atom stereocenters. The summed E-state index contributed by atoms with van der Waals surface area (Å²) in [7, 11) is 0. The van der Waals surface area contributed by atoms with Gasteiger partial charge in [0.05, 0.1) is 0 Å². The maximum Gasteiger partial charge on any atom is 0.306 e. The Balaban J connectivity index is 4.30. The fraction of sp³-hybridized carbons (Fsp3) is 0.922. The molecule has 0 bridgehead atoms. The summed E-state index contributed by atoms with van der Waals surface area (Å²) in [5.41, 5.74) is 0. The molecule has 414 valence electrons. The highest BCUT2D eigenvalue weighted by Crippen LogP contribution is 2.18. The summed E-state index contributed by atoms with van der Waals surface area (Å²) in [4.78, 5) is 38.3. The molecule has 0 aromatic rings. The highest BCUT2D eigenvalue weighted by molar-refractivity contribution is 5.71. The van der Waals surface area contributed by atoms with Gasteiger partial charge in [-0.3, -0.25) is 14.4 Å². The average molecular weight is 988 g/mol. The molecule has 6 heteroatoms. The minimum absolute atomic E-state index is 0.0647. The molecule has 70 heavy (non-hydrogen) atoms. The Morgan fingerprint density at radius 2 is 0.471 bits per heavy atom. The number of ether oxygens (including phenoxy) is 3. The van der Waals surface area contributed by atoms with E-state index in [-0.39, 0.29) is 31.1 Å². The minimum Gasteiger partial charge on any atom is -0.462 e. The normalized spacial score (nSPS) is 12.0. The molecule has 0 aliphatic carbocycles. The van der Waals surface area contributed by atoms with Gasteiger partial charge in [-0.25, -0.2) is 0 Å². The van der Waals surface area contributed by atoms with Gasteiger partial charge < -0.3 is 14.2 Å². The van der Waals surface area contributed by atoms with Crippen molar-refractivity contribution < 1.29 is 28.6 Å². The lowest BCUT2D eigenvalue weighted by Crippen LogP contribution is -2.30. The second-order valence-electron chi connectivity index (χ2n) is 21.7. The lowest BCUT2D eigenvalue weighted by atomic mass is 10.0. The topological polar surface area (TPSA) is 78.9 Å². The van der Waals surface area contributed by atoms with Crippen molar-refractivity contribution in [3.63, 3.8) is 0 Å². The van der Waals surface area contributed by atoms with Crippen LogP contribution in [0.15, 0.2) is 12.2 Å². The molecule has 0 heterocycles. The summed E-state index contributed by atoms with van der Waals surface area (Å²) < 4.78 is 16.9. The van der Waals surface area contributed by atoms with Crippen molar-refractivity contribution in [1.82, 2.24) is 0 Å². The van der Waals surface area contributed by atoms with Gasteiger partial charge in [0.15, 0.2) is 6.10 Å². The second-order valence-corrected chi connectivity index (χ2v) is 21.7. The molecule has 0 radical (unpaired) electrons. The molecule has 0 aliphatic rings. The molecule has 0 spiro atoms. The highest BCUT2D eigenvalue weighted by Gasteiger charge is 2.19. The van der Waals surface area contributed by atoms with E-state index in [1.807, 2.05) is 0 Å². The first-order valence-corrected chi connectivity index (χ1v) is 31.7. The Bertz CT molecular complexity index is 1090. The van der Waals surface area contributed by atoms with Gasteiger partial charge in [0, 0.05) is 19.3 Å². The van der Waals surface area contributed by atoms with Gasteiger partial charge in [0.2, 0.25) is 0 Å². The molecule has 0 fully saturated rings. The van der Waals surface area contributed by atoms with E-state index in [4.69, 9.17) is 14.2 Å². The standard InChI is InChI=1S/C64H122O6/c1-4-7-10-13-16-19-22-25-28-30-32-34-36-39-42-45-48-51-54-57-63(66)69-60-61(59-68-62(65)56-53-50-47-44-41-38-35-27-24-21-18-15-12-9-6-3)70-64(67)58-55-52-49-46-43-40-37-33-31-29-26-23-20-17-14-11-8-5-2/h30,32,61H,4-29,31,33-60H2,1-3H3/b32-30-/t61-/m1/s1. The van der Waals surface area contributed by atoms with Crippen LogP contribution in [0.4, 0.5) is 0 Å². The number of allylic oxidation sites excluding steroid dienone is 2. The number of rotatable bonds is 59. The van der Waals surface area contributed by atoms with Gasteiger partial charge >= 0.3 is 17.9 Å². The van der Waals surface area contributed by atoms with Crippen molar-refractivity contribution in [2.24, 2.45) is 0 Å². The van der Waals surface area contributed by atoms with Crippen LogP contribution in [-0.2, 0) is 28.6 Å². The quantitative estimate of drug-likeness (QED) is 0.0261. The lowest BCUT2D eigenvalue weighted by molar-refractivity contribution is -0.167. The van der Waals surface area contributed by atoms with Crippen LogP contribution < -0.4 is 0 Å². The molecule has 0 saturated carbocycles. The molecular weight excluding hydrogens is 865 g/mol. The van der Waals surface area contributed by atoms with Gasteiger partial charge in [0.25, 0.3) is 0 Å². The molecule has 0 unspecified atom stereocenters. The SMILES string of the molecule is CCCCCCCCCC/C=C\CCCCCCCCCC(=O)OC[C@@H](COC(=O)CCCCCCCCCCCCCCCCC)OC(=O)CCCCCCCCCCCCCCCCCCCC. The average Bonchev–Trinajstić information content (AvgIpc) is 3.36. The summed E-state index contributed by atoms with van der Waals surface area (Å²) in [6.45, 7) is 6.71. The summed E-state index contributed by atoms with van der Waals surface area (Å²) >= 11 is 0. The Hall–Kier alpha value is -1.85. The van der Waals surface area contributed by atoms with Gasteiger partial charge in [-0.2, -0.15) is 0 Å². The van der Waals surface area contributed by atoms with E-state index in [0.29, 0.717) is 19.3 Å². The van der Waals surface area contributed by atoms with E-state index in [1.165, 1.54) is 263 Å². The number of hydrogen-bond donors (Lipinski definition) is 0. The van der Waals surface area contributed by atoms with Crippen LogP contribution in [0.2, 0.25) is 0 Å². The number of hydrogen-bond acceptors (Lipinski definition) is 6. The summed E-state index contributed by atoms with van der Waals surface area (Å²) in [6.07, 6.45) is 69.2. The lowest BCUT2D eigenvalue weighted by Gasteiger charge is -2.18. The zero-order valence-corrected chi connectivity index (χ0v) is 47.6. The van der Waals surface area contributed by atoms with Gasteiger partial charge in [-0.15, -0.1) is 0 Å². The van der Waals surface area contributed by atoms with Crippen molar-refractivity contribution in [1.29, 1.82) is 0 Å². The van der Waals surface area contributed by atoms with Crippen LogP contribution in [-0.4, -0.2) is 37.2 Å². The zero-order valence-electron chi connectivity index (χ0n) is 47.6. The molecule has 0 saturated heterocycles. The maximum atomic E-state index is 12.9. The number of carbonyl (C=O) groups excluding carboxylic acids is 3. The number of unbranched alkanes of at least 4 members (excludes halogenated alkanes) is 46. The minimum atomic E-state index is -0.767. The van der Waals surface area contributed by atoms with Crippen LogP contribution in [0.25, 0.3) is 0 Å². The van der Waals surface area contributed by atoms with Crippen LogP contribution in [0.3, 0.4) is 0 Å². The second kappa shape index (κ2) is 59.7. The smallest absolute Gasteiger partial charge is 0.306 e. The molecule has 0 aromatic carbocycles. The molecule has 0 N–H and O–H groups in total. The third-order valence-corrected chi connectivity index (χ3v) is 14.5. The van der Waals surface area contributed by atoms with Gasteiger partial charge in [-0.05, 0) is 44.9 Å². The molecule has 6 nitrogen and oxygen atoms in total. The number of esters is 3. The van der Waals surface area contributed by atoms with Gasteiger partial charge in [0.1, 0.15) is 13.2 Å². The van der Waals surface area contributed by atoms with Crippen LogP contribution in [0.1, 0.15) is 361 Å². The first kappa shape index (κ1) is 68.2. The number of carbonyl (C=O) groups is 3. The van der Waals surface area contributed by atoms with Gasteiger partial charge in [-0.1, -0.05) is 309 Å². The van der Waals surface area contributed by atoms with Crippen molar-refractivity contribution in [2.45, 2.75) is 367 Å². The van der Waals surface area contributed by atoms with E-state index >= 15 is 0 Å². The predicted molar refractivity (Wildman–Crippen MR) is 303 cm³/mol. The molecule has 0 rings (SSSR count). The van der Waals surface area contributed by atoms with E-state index in [2.05, 4.69) is 32.9 Å². The van der Waals surface area contributed by atoms with E-state index in [9.17, 15) is 14.4 Å². The van der Waals surface area contributed by atoms with Crippen molar-refractivity contribution in [3.8, 4) is 0 Å². The van der Waals surface area contributed by atoms with Crippen molar-refractivity contribution >= 4 is 17.9 Å². The molecular formula is C64H122O6. The van der Waals surface area contributed by atoms with E-state index in [0.717, 1.165) is 57.8 Å².